The highest BCUT2D eigenvalue weighted by Gasteiger charge is 2.13. The van der Waals surface area contributed by atoms with Crippen molar-refractivity contribution in [1.29, 1.82) is 0 Å². The van der Waals surface area contributed by atoms with Crippen LogP contribution in [0, 0.1) is 0 Å². The van der Waals surface area contributed by atoms with Crippen LogP contribution in [-0.2, 0) is 9.53 Å². The predicted molar refractivity (Wildman–Crippen MR) is 44.4 cm³/mol. The molecular weight excluding hydrogens is 142 g/mol. The lowest BCUT2D eigenvalue weighted by Gasteiger charge is -2.25. The molecule has 0 unspecified atom stereocenters. The third kappa shape index (κ3) is 3.37. The van der Waals surface area contributed by atoms with Gasteiger partial charge in [0.05, 0.1) is 12.6 Å². The molecule has 0 rings (SSSR count). The lowest BCUT2D eigenvalue weighted by Crippen LogP contribution is -2.39. The summed E-state index contributed by atoms with van der Waals surface area (Å²) in [6.45, 7) is 6.88. The van der Waals surface area contributed by atoms with Crippen LogP contribution in [0.4, 0.5) is 0 Å². The monoisotopic (exact) mass is 159 g/mol. The molecule has 0 bridgehead atoms. The molecule has 0 aromatic carbocycles. The first-order valence-corrected chi connectivity index (χ1v) is 3.89. The molecule has 0 spiro atoms. The van der Waals surface area contributed by atoms with Crippen LogP contribution in [0.2, 0.25) is 0 Å². The lowest BCUT2D eigenvalue weighted by atomic mass is 10.3. The topological polar surface area (TPSA) is 29.5 Å². The average molecular weight is 159 g/mol. The molecule has 0 aliphatic heterocycles. The van der Waals surface area contributed by atoms with Crippen molar-refractivity contribution in [3.63, 3.8) is 0 Å². The molecule has 0 aromatic heterocycles. The van der Waals surface area contributed by atoms with Crippen molar-refractivity contribution in [2.24, 2.45) is 0 Å². The average Bonchev–Trinajstić information content (AvgIpc) is 1.88. The number of ether oxygens (including phenoxy) is 1. The van der Waals surface area contributed by atoms with Crippen LogP contribution in [0.1, 0.15) is 20.8 Å². The van der Waals surface area contributed by atoms with Crippen molar-refractivity contribution in [2.75, 3.05) is 20.3 Å². The molecule has 0 N–H and O–H groups in total. The summed E-state index contributed by atoms with van der Waals surface area (Å²) in [4.78, 5) is 12.7. The second-order valence-electron chi connectivity index (χ2n) is 2.61. The molecule has 66 valence electrons. The fourth-order valence-corrected chi connectivity index (χ4v) is 1.18. The van der Waals surface area contributed by atoms with Crippen LogP contribution in [0.15, 0.2) is 0 Å². The van der Waals surface area contributed by atoms with E-state index in [2.05, 4.69) is 0 Å². The summed E-state index contributed by atoms with van der Waals surface area (Å²) in [7, 11) is 1.64. The van der Waals surface area contributed by atoms with E-state index in [1.54, 1.807) is 18.9 Å². The molecule has 0 radical (unpaired) electrons. The first-order chi connectivity index (χ1) is 5.13. The summed E-state index contributed by atoms with van der Waals surface area (Å²) in [5.41, 5.74) is 0. The molecule has 0 aliphatic rings. The molecule has 0 aliphatic carbocycles. The van der Waals surface area contributed by atoms with Gasteiger partial charge in [-0.05, 0) is 13.8 Å². The summed E-state index contributed by atoms with van der Waals surface area (Å²) in [6.07, 6.45) is 0. The smallest absolute Gasteiger partial charge is 0.219 e. The van der Waals surface area contributed by atoms with E-state index in [1.807, 2.05) is 13.8 Å². The van der Waals surface area contributed by atoms with Crippen LogP contribution < -0.4 is 0 Å². The van der Waals surface area contributed by atoms with Crippen LogP contribution in [0.3, 0.4) is 0 Å². The third-order valence-electron chi connectivity index (χ3n) is 1.69. The summed E-state index contributed by atoms with van der Waals surface area (Å²) in [6, 6.07) is 0.183. The summed E-state index contributed by atoms with van der Waals surface area (Å²) >= 11 is 0. The Hall–Kier alpha value is -0.570. The van der Waals surface area contributed by atoms with Crippen molar-refractivity contribution in [1.82, 2.24) is 4.90 Å². The van der Waals surface area contributed by atoms with Crippen molar-refractivity contribution in [2.45, 2.75) is 26.8 Å². The van der Waals surface area contributed by atoms with Crippen LogP contribution >= 0.6 is 0 Å². The number of nitrogens with zero attached hydrogens (tertiary/aromatic N) is 1. The second kappa shape index (κ2) is 5.13. The first kappa shape index (κ1) is 10.4. The van der Waals surface area contributed by atoms with Crippen LogP contribution in [-0.4, -0.2) is 37.1 Å². The van der Waals surface area contributed by atoms with Crippen molar-refractivity contribution in [3.8, 4) is 0 Å². The van der Waals surface area contributed by atoms with E-state index in [4.69, 9.17) is 4.74 Å². The molecule has 0 fully saturated rings. The van der Waals surface area contributed by atoms with Gasteiger partial charge in [-0.3, -0.25) is 4.79 Å². The predicted octanol–water partition coefficient (Wildman–Crippen LogP) is 0.890. The van der Waals surface area contributed by atoms with Crippen LogP contribution in [0.5, 0.6) is 0 Å². The van der Waals surface area contributed by atoms with E-state index in [9.17, 15) is 4.79 Å². The number of carbonyl (C=O) groups is 1. The van der Waals surface area contributed by atoms with E-state index in [1.165, 1.54) is 0 Å². The standard InChI is InChI=1S/C8H17NO2/c1-5-9(8(3)10)7(2)6-11-4/h7H,5-6H2,1-4H3/t7-/m0/s1. The fourth-order valence-electron chi connectivity index (χ4n) is 1.18. The number of likely N-dealkylation sites (N-methyl/N-ethyl adjacent to an activating group) is 1. The SMILES string of the molecule is CCN(C(C)=O)[C@@H](C)COC. The van der Waals surface area contributed by atoms with Gasteiger partial charge in [0.2, 0.25) is 5.91 Å². The van der Waals surface area contributed by atoms with E-state index in [0.29, 0.717) is 6.61 Å². The summed E-state index contributed by atoms with van der Waals surface area (Å²) in [5, 5.41) is 0. The minimum absolute atomic E-state index is 0.108. The minimum atomic E-state index is 0.108. The van der Waals surface area contributed by atoms with E-state index < -0.39 is 0 Å². The van der Waals surface area contributed by atoms with Gasteiger partial charge < -0.3 is 9.64 Å². The summed E-state index contributed by atoms with van der Waals surface area (Å²) < 4.78 is 4.94. The molecule has 11 heavy (non-hydrogen) atoms. The number of carbonyl (C=O) groups excluding carboxylic acids is 1. The van der Waals surface area contributed by atoms with Gasteiger partial charge in [-0.1, -0.05) is 0 Å². The Balaban J connectivity index is 3.91. The zero-order chi connectivity index (χ0) is 8.85. The molecule has 3 nitrogen and oxygen atoms in total. The third-order valence-corrected chi connectivity index (χ3v) is 1.69. The fraction of sp³-hybridized carbons (Fsp3) is 0.875. The number of hydrogen-bond donors (Lipinski definition) is 0. The number of amides is 1. The Morgan fingerprint density at radius 1 is 1.64 bits per heavy atom. The molecule has 1 atom stereocenters. The molecule has 1 amide bonds. The number of rotatable bonds is 4. The maximum atomic E-state index is 11.0. The maximum absolute atomic E-state index is 11.0. The zero-order valence-corrected chi connectivity index (χ0v) is 7.76. The van der Waals surface area contributed by atoms with Gasteiger partial charge in [-0.2, -0.15) is 0 Å². The van der Waals surface area contributed by atoms with Gasteiger partial charge in [-0.15, -0.1) is 0 Å². The van der Waals surface area contributed by atoms with Gasteiger partial charge in [0, 0.05) is 20.6 Å². The normalized spacial score (nSPS) is 12.7. The van der Waals surface area contributed by atoms with Gasteiger partial charge in [-0.25, -0.2) is 0 Å². The van der Waals surface area contributed by atoms with E-state index in [0.717, 1.165) is 6.54 Å². The largest absolute Gasteiger partial charge is 0.383 e. The highest BCUT2D eigenvalue weighted by atomic mass is 16.5. The van der Waals surface area contributed by atoms with E-state index >= 15 is 0 Å². The number of methoxy groups -OCH3 is 1. The Morgan fingerprint density at radius 2 is 2.18 bits per heavy atom. The zero-order valence-electron chi connectivity index (χ0n) is 7.76. The Bertz CT molecular complexity index is 125. The number of hydrogen-bond acceptors (Lipinski definition) is 2. The molecule has 3 heteroatoms. The highest BCUT2D eigenvalue weighted by molar-refractivity contribution is 5.73. The lowest BCUT2D eigenvalue weighted by molar-refractivity contribution is -0.131. The Morgan fingerprint density at radius 3 is 2.45 bits per heavy atom. The Labute approximate surface area is 68.3 Å². The van der Waals surface area contributed by atoms with E-state index in [-0.39, 0.29) is 11.9 Å². The second-order valence-corrected chi connectivity index (χ2v) is 2.61. The molecule has 0 saturated heterocycles. The van der Waals surface area contributed by atoms with Gasteiger partial charge >= 0.3 is 0 Å². The molecular formula is C8H17NO2. The van der Waals surface area contributed by atoms with Crippen molar-refractivity contribution in [3.05, 3.63) is 0 Å². The minimum Gasteiger partial charge on any atom is -0.383 e. The molecule has 0 aromatic rings. The highest BCUT2D eigenvalue weighted by Crippen LogP contribution is 1.98. The van der Waals surface area contributed by atoms with Crippen molar-refractivity contribution >= 4 is 5.91 Å². The quantitative estimate of drug-likeness (QED) is 0.609. The van der Waals surface area contributed by atoms with Crippen molar-refractivity contribution < 1.29 is 9.53 Å². The van der Waals surface area contributed by atoms with Gasteiger partial charge in [0.25, 0.3) is 0 Å². The maximum Gasteiger partial charge on any atom is 0.219 e. The molecule has 0 heterocycles. The van der Waals surface area contributed by atoms with Gasteiger partial charge in [0.1, 0.15) is 0 Å². The first-order valence-electron chi connectivity index (χ1n) is 3.89. The summed E-state index contributed by atoms with van der Waals surface area (Å²) in [5.74, 6) is 0.108. The molecule has 0 saturated carbocycles. The van der Waals surface area contributed by atoms with Gasteiger partial charge in [0.15, 0.2) is 0 Å². The van der Waals surface area contributed by atoms with Crippen LogP contribution in [0.25, 0.3) is 0 Å². The Kier molecular flexibility index (Phi) is 4.86.